The van der Waals surface area contributed by atoms with Crippen LogP contribution in [0.2, 0.25) is 5.02 Å². The second kappa shape index (κ2) is 11.0. The Balaban J connectivity index is 1.80. The molecule has 0 saturated heterocycles. The van der Waals surface area contributed by atoms with Crippen molar-refractivity contribution >= 4 is 39.0 Å². The number of carbonyl (C=O) groups excluding carboxylic acids is 2. The Labute approximate surface area is 182 Å². The Morgan fingerprint density at radius 1 is 1.13 bits per heavy atom. The molecule has 2 rings (SSSR count). The molecule has 2 aromatic carbocycles. The van der Waals surface area contributed by atoms with E-state index in [1.165, 1.54) is 17.3 Å². The number of benzene rings is 2. The number of amides is 1. The van der Waals surface area contributed by atoms with E-state index in [0.29, 0.717) is 41.6 Å². The molecule has 0 spiro atoms. The molecule has 7 nitrogen and oxygen atoms in total. The van der Waals surface area contributed by atoms with Crippen molar-refractivity contribution in [2.24, 2.45) is 0 Å². The van der Waals surface area contributed by atoms with Crippen molar-refractivity contribution < 1.29 is 22.7 Å². The predicted molar refractivity (Wildman–Crippen MR) is 118 cm³/mol. The lowest BCUT2D eigenvalue weighted by Gasteiger charge is -2.22. The lowest BCUT2D eigenvalue weighted by molar-refractivity contribution is -0.121. The van der Waals surface area contributed by atoms with E-state index < -0.39 is 10.0 Å². The van der Waals surface area contributed by atoms with Crippen LogP contribution < -0.4 is 14.4 Å². The van der Waals surface area contributed by atoms with Gasteiger partial charge in [0.05, 0.1) is 18.5 Å². The molecule has 0 radical (unpaired) electrons. The number of rotatable bonds is 11. The fourth-order valence-electron chi connectivity index (χ4n) is 2.73. The lowest BCUT2D eigenvalue weighted by Crippen LogP contribution is -2.33. The summed E-state index contributed by atoms with van der Waals surface area (Å²) in [5.74, 6) is 0.316. The van der Waals surface area contributed by atoms with Crippen LogP contribution in [0.4, 0.5) is 5.69 Å². The third-order valence-electron chi connectivity index (χ3n) is 4.21. The molecule has 162 valence electrons. The van der Waals surface area contributed by atoms with Crippen LogP contribution in [0.3, 0.4) is 0 Å². The zero-order valence-electron chi connectivity index (χ0n) is 16.9. The molecule has 0 aliphatic rings. The number of ether oxygens (including phenoxy) is 1. The van der Waals surface area contributed by atoms with E-state index in [0.717, 1.165) is 6.26 Å². The average molecular weight is 453 g/mol. The molecule has 0 atom stereocenters. The standard InChI is InChI=1S/C21H25ClN2O5S/c1-16(25)17-5-3-6-19(15-17)24(30(2,27)28)13-4-7-21(26)23-12-14-29-20-10-8-18(22)9-11-20/h3,5-6,8-11,15H,4,7,12-14H2,1-2H3,(H,23,26). The molecule has 0 unspecified atom stereocenters. The van der Waals surface area contributed by atoms with Crippen molar-refractivity contribution in [3.05, 3.63) is 59.1 Å². The van der Waals surface area contributed by atoms with Gasteiger partial charge in [-0.15, -0.1) is 0 Å². The summed E-state index contributed by atoms with van der Waals surface area (Å²) in [6, 6.07) is 13.4. The predicted octanol–water partition coefficient (Wildman–Crippen LogP) is 3.28. The first-order chi connectivity index (χ1) is 14.2. The number of sulfonamides is 1. The van der Waals surface area contributed by atoms with E-state index in [2.05, 4.69) is 5.32 Å². The van der Waals surface area contributed by atoms with Gasteiger partial charge in [0.2, 0.25) is 15.9 Å². The van der Waals surface area contributed by atoms with E-state index in [4.69, 9.17) is 16.3 Å². The van der Waals surface area contributed by atoms with Crippen molar-refractivity contribution in [1.82, 2.24) is 5.32 Å². The molecule has 0 heterocycles. The van der Waals surface area contributed by atoms with Crippen molar-refractivity contribution in [1.29, 1.82) is 0 Å². The molecule has 9 heteroatoms. The van der Waals surface area contributed by atoms with Crippen molar-refractivity contribution in [3.8, 4) is 5.75 Å². The Hall–Kier alpha value is -2.58. The largest absolute Gasteiger partial charge is 0.492 e. The number of Topliss-reactive ketones (excluding diaryl/α,β-unsaturated/α-hetero) is 1. The zero-order chi connectivity index (χ0) is 22.1. The average Bonchev–Trinajstić information content (AvgIpc) is 2.69. The SMILES string of the molecule is CC(=O)c1cccc(N(CCCC(=O)NCCOc2ccc(Cl)cc2)S(C)(=O)=O)c1. The number of hydrogen-bond donors (Lipinski definition) is 1. The van der Waals surface area contributed by atoms with Gasteiger partial charge in [-0.25, -0.2) is 8.42 Å². The van der Waals surface area contributed by atoms with Crippen LogP contribution in [0.1, 0.15) is 30.1 Å². The molecule has 0 bridgehead atoms. The molecular weight excluding hydrogens is 428 g/mol. The van der Waals surface area contributed by atoms with Gasteiger partial charge in [-0.2, -0.15) is 0 Å². The summed E-state index contributed by atoms with van der Waals surface area (Å²) in [6.45, 7) is 2.19. The van der Waals surface area contributed by atoms with Gasteiger partial charge in [0.15, 0.2) is 5.78 Å². The van der Waals surface area contributed by atoms with Crippen molar-refractivity contribution in [3.63, 3.8) is 0 Å². The number of carbonyl (C=O) groups is 2. The second-order valence-electron chi connectivity index (χ2n) is 6.70. The number of hydrogen-bond acceptors (Lipinski definition) is 5. The first kappa shape index (κ1) is 23.7. The van der Waals surface area contributed by atoms with E-state index in [9.17, 15) is 18.0 Å². The van der Waals surface area contributed by atoms with Crippen molar-refractivity contribution in [2.75, 3.05) is 30.3 Å². The summed E-state index contributed by atoms with van der Waals surface area (Å²) in [4.78, 5) is 23.6. The molecule has 0 fully saturated rings. The first-order valence-corrected chi connectivity index (χ1v) is 11.6. The minimum atomic E-state index is -3.55. The van der Waals surface area contributed by atoms with Gasteiger partial charge in [0, 0.05) is 23.6 Å². The Morgan fingerprint density at radius 3 is 2.47 bits per heavy atom. The molecular formula is C21H25ClN2O5S. The van der Waals surface area contributed by atoms with Crippen LogP contribution in [0.25, 0.3) is 0 Å². The monoisotopic (exact) mass is 452 g/mol. The highest BCUT2D eigenvalue weighted by molar-refractivity contribution is 7.92. The van der Waals surface area contributed by atoms with Crippen molar-refractivity contribution in [2.45, 2.75) is 19.8 Å². The summed E-state index contributed by atoms with van der Waals surface area (Å²) >= 11 is 5.81. The van der Waals surface area contributed by atoms with E-state index in [-0.39, 0.29) is 24.7 Å². The number of nitrogens with zero attached hydrogens (tertiary/aromatic N) is 1. The number of ketones is 1. The van der Waals surface area contributed by atoms with Crippen LogP contribution in [0.5, 0.6) is 5.75 Å². The third kappa shape index (κ3) is 7.68. The first-order valence-electron chi connectivity index (χ1n) is 9.40. The number of anilines is 1. The topological polar surface area (TPSA) is 92.8 Å². The quantitative estimate of drug-likeness (QED) is 0.417. The van der Waals surface area contributed by atoms with Gasteiger partial charge in [0.1, 0.15) is 12.4 Å². The van der Waals surface area contributed by atoms with Gasteiger partial charge in [-0.1, -0.05) is 23.7 Å². The molecule has 1 N–H and O–H groups in total. The van der Waals surface area contributed by atoms with Crippen LogP contribution in [-0.4, -0.2) is 46.1 Å². The highest BCUT2D eigenvalue weighted by Gasteiger charge is 2.18. The van der Waals surface area contributed by atoms with Gasteiger partial charge in [-0.3, -0.25) is 13.9 Å². The molecule has 1 amide bonds. The minimum absolute atomic E-state index is 0.134. The summed E-state index contributed by atoms with van der Waals surface area (Å²) < 4.78 is 31.0. The summed E-state index contributed by atoms with van der Waals surface area (Å²) in [7, 11) is -3.55. The molecule has 0 aromatic heterocycles. The minimum Gasteiger partial charge on any atom is -0.492 e. The fraction of sp³-hybridized carbons (Fsp3) is 0.333. The number of halogens is 1. The summed E-state index contributed by atoms with van der Waals surface area (Å²) in [5, 5.41) is 3.36. The zero-order valence-corrected chi connectivity index (χ0v) is 18.5. The van der Waals surface area contributed by atoms with Crippen LogP contribution in [0.15, 0.2) is 48.5 Å². The molecule has 0 aliphatic carbocycles. The second-order valence-corrected chi connectivity index (χ2v) is 9.04. The fourth-order valence-corrected chi connectivity index (χ4v) is 3.81. The molecule has 2 aromatic rings. The van der Waals surface area contributed by atoms with Crippen LogP contribution in [0, 0.1) is 0 Å². The molecule has 30 heavy (non-hydrogen) atoms. The number of nitrogens with one attached hydrogen (secondary N) is 1. The third-order valence-corrected chi connectivity index (χ3v) is 5.66. The lowest BCUT2D eigenvalue weighted by atomic mass is 10.1. The summed E-state index contributed by atoms with van der Waals surface area (Å²) in [6.07, 6.45) is 1.60. The van der Waals surface area contributed by atoms with E-state index >= 15 is 0 Å². The maximum atomic E-state index is 12.2. The molecule has 0 saturated carbocycles. The highest BCUT2D eigenvalue weighted by Crippen LogP contribution is 2.20. The normalized spacial score (nSPS) is 11.0. The Morgan fingerprint density at radius 2 is 1.83 bits per heavy atom. The van der Waals surface area contributed by atoms with Gasteiger partial charge in [-0.05, 0) is 49.7 Å². The maximum absolute atomic E-state index is 12.2. The maximum Gasteiger partial charge on any atom is 0.232 e. The summed E-state index contributed by atoms with van der Waals surface area (Å²) in [5.41, 5.74) is 0.835. The highest BCUT2D eigenvalue weighted by atomic mass is 35.5. The molecule has 0 aliphatic heterocycles. The smallest absolute Gasteiger partial charge is 0.232 e. The van der Waals surface area contributed by atoms with Crippen LogP contribution >= 0.6 is 11.6 Å². The Bertz CT molecular complexity index is 977. The van der Waals surface area contributed by atoms with Gasteiger partial charge < -0.3 is 10.1 Å². The Kier molecular flexibility index (Phi) is 8.68. The van der Waals surface area contributed by atoms with E-state index in [1.54, 1.807) is 42.5 Å². The van der Waals surface area contributed by atoms with Crippen LogP contribution in [-0.2, 0) is 14.8 Å². The van der Waals surface area contributed by atoms with Gasteiger partial charge >= 0.3 is 0 Å². The van der Waals surface area contributed by atoms with Gasteiger partial charge in [0.25, 0.3) is 0 Å². The van der Waals surface area contributed by atoms with E-state index in [1.807, 2.05) is 0 Å².